The van der Waals surface area contributed by atoms with Crippen molar-refractivity contribution in [3.63, 3.8) is 0 Å². The highest BCUT2D eigenvalue weighted by atomic mass is 32.2. The molecular weight excluding hydrogens is 258 g/mol. The Hall–Kier alpha value is -1.93. The third kappa shape index (κ3) is 3.28. The summed E-state index contributed by atoms with van der Waals surface area (Å²) in [6, 6.07) is 3.35. The average Bonchev–Trinajstić information content (AvgIpc) is 2.29. The van der Waals surface area contributed by atoms with E-state index in [0.717, 1.165) is 6.07 Å². The molecule has 0 saturated carbocycles. The van der Waals surface area contributed by atoms with Gasteiger partial charge in [-0.2, -0.15) is 0 Å². The maximum absolute atomic E-state index is 11.8. The highest BCUT2D eigenvalue weighted by Gasteiger charge is 2.19. The number of rotatable bonds is 6. The standard InChI is InChI=1S/C10H13N3O4S/c1-2-3-6-12-18(16,17)8-4-5-9(11)10(7-8)13(14)15/h2,4-5,7,12H,1,3,6,11H2. The van der Waals surface area contributed by atoms with Gasteiger partial charge < -0.3 is 5.73 Å². The first-order chi connectivity index (χ1) is 8.38. The molecule has 3 N–H and O–H groups in total. The van der Waals surface area contributed by atoms with E-state index >= 15 is 0 Å². The van der Waals surface area contributed by atoms with E-state index in [1.807, 2.05) is 0 Å². The minimum atomic E-state index is -3.76. The maximum Gasteiger partial charge on any atom is 0.293 e. The summed E-state index contributed by atoms with van der Waals surface area (Å²) in [4.78, 5) is 9.75. The van der Waals surface area contributed by atoms with Crippen LogP contribution in [0.4, 0.5) is 11.4 Å². The quantitative estimate of drug-likeness (QED) is 0.263. The first-order valence-electron chi connectivity index (χ1n) is 5.03. The zero-order chi connectivity index (χ0) is 13.8. The van der Waals surface area contributed by atoms with Gasteiger partial charge in [-0.05, 0) is 18.6 Å². The average molecular weight is 271 g/mol. The predicted molar refractivity (Wildman–Crippen MR) is 67.5 cm³/mol. The molecule has 0 saturated heterocycles. The maximum atomic E-state index is 11.8. The van der Waals surface area contributed by atoms with Crippen molar-refractivity contribution in [2.24, 2.45) is 0 Å². The molecular formula is C10H13N3O4S. The number of nitrogens with two attached hydrogens (primary N) is 1. The lowest BCUT2D eigenvalue weighted by Gasteiger charge is -2.06. The molecule has 0 fully saturated rings. The summed E-state index contributed by atoms with van der Waals surface area (Å²) in [5, 5.41) is 10.7. The van der Waals surface area contributed by atoms with Gasteiger partial charge in [-0.3, -0.25) is 10.1 Å². The number of nitrogen functional groups attached to an aromatic ring is 1. The van der Waals surface area contributed by atoms with Gasteiger partial charge in [-0.1, -0.05) is 6.08 Å². The van der Waals surface area contributed by atoms with Crippen molar-refractivity contribution in [3.05, 3.63) is 41.0 Å². The first kappa shape index (κ1) is 14.1. The van der Waals surface area contributed by atoms with Crippen molar-refractivity contribution in [1.29, 1.82) is 0 Å². The molecule has 0 amide bonds. The van der Waals surface area contributed by atoms with Crippen molar-refractivity contribution >= 4 is 21.4 Å². The van der Waals surface area contributed by atoms with Crippen molar-refractivity contribution < 1.29 is 13.3 Å². The summed E-state index contributed by atoms with van der Waals surface area (Å²) >= 11 is 0. The molecule has 7 nitrogen and oxygen atoms in total. The summed E-state index contributed by atoms with van der Waals surface area (Å²) in [5.41, 5.74) is 4.88. The van der Waals surface area contributed by atoms with E-state index in [9.17, 15) is 18.5 Å². The van der Waals surface area contributed by atoms with Gasteiger partial charge in [0, 0.05) is 12.6 Å². The van der Waals surface area contributed by atoms with Gasteiger partial charge in [0.2, 0.25) is 10.0 Å². The lowest BCUT2D eigenvalue weighted by Crippen LogP contribution is -2.24. The molecule has 0 aliphatic heterocycles. The highest BCUT2D eigenvalue weighted by Crippen LogP contribution is 2.24. The third-order valence-corrected chi connectivity index (χ3v) is 3.61. The van der Waals surface area contributed by atoms with Crippen molar-refractivity contribution in [3.8, 4) is 0 Å². The molecule has 0 bridgehead atoms. The highest BCUT2D eigenvalue weighted by molar-refractivity contribution is 7.89. The van der Waals surface area contributed by atoms with E-state index < -0.39 is 20.6 Å². The predicted octanol–water partition coefficient (Wildman–Crippen LogP) is 1.03. The topological polar surface area (TPSA) is 115 Å². The van der Waals surface area contributed by atoms with Crippen molar-refractivity contribution in [1.82, 2.24) is 4.72 Å². The fraction of sp³-hybridized carbons (Fsp3) is 0.200. The number of sulfonamides is 1. The van der Waals surface area contributed by atoms with Gasteiger partial charge in [0.05, 0.1) is 9.82 Å². The zero-order valence-corrected chi connectivity index (χ0v) is 10.3. The molecule has 0 spiro atoms. The molecule has 0 atom stereocenters. The monoisotopic (exact) mass is 271 g/mol. The van der Waals surface area contributed by atoms with Crippen LogP contribution >= 0.6 is 0 Å². The Balaban J connectivity index is 3.06. The summed E-state index contributed by atoms with van der Waals surface area (Å²) in [6.07, 6.45) is 2.03. The SMILES string of the molecule is C=CCCNS(=O)(=O)c1ccc(N)c([N+](=O)[O-])c1. The normalized spacial score (nSPS) is 11.1. The van der Waals surface area contributed by atoms with Crippen LogP contribution in [0, 0.1) is 10.1 Å². The van der Waals surface area contributed by atoms with E-state index in [4.69, 9.17) is 5.73 Å². The largest absolute Gasteiger partial charge is 0.393 e. The molecule has 1 aromatic carbocycles. The Labute approximate surface area is 105 Å². The Morgan fingerprint density at radius 1 is 1.50 bits per heavy atom. The van der Waals surface area contributed by atoms with Crippen LogP contribution in [-0.4, -0.2) is 19.9 Å². The molecule has 0 aliphatic carbocycles. The molecule has 0 radical (unpaired) electrons. The number of hydrogen-bond donors (Lipinski definition) is 2. The molecule has 0 aliphatic rings. The van der Waals surface area contributed by atoms with E-state index in [0.29, 0.717) is 6.42 Å². The minimum Gasteiger partial charge on any atom is -0.393 e. The first-order valence-corrected chi connectivity index (χ1v) is 6.51. The number of nitro benzene ring substituents is 1. The smallest absolute Gasteiger partial charge is 0.293 e. The van der Waals surface area contributed by atoms with Gasteiger partial charge in [0.25, 0.3) is 5.69 Å². The number of nitrogens with zero attached hydrogens (tertiary/aromatic N) is 1. The molecule has 18 heavy (non-hydrogen) atoms. The lowest BCUT2D eigenvalue weighted by atomic mass is 10.3. The number of nitro groups is 1. The van der Waals surface area contributed by atoms with Gasteiger partial charge >= 0.3 is 0 Å². The van der Waals surface area contributed by atoms with E-state index in [-0.39, 0.29) is 17.1 Å². The fourth-order valence-electron chi connectivity index (χ4n) is 1.23. The van der Waals surface area contributed by atoms with E-state index in [1.165, 1.54) is 12.1 Å². The van der Waals surface area contributed by atoms with Crippen LogP contribution in [-0.2, 0) is 10.0 Å². The number of nitrogens with one attached hydrogen (secondary N) is 1. The van der Waals surface area contributed by atoms with Gasteiger partial charge in [-0.25, -0.2) is 13.1 Å². The van der Waals surface area contributed by atoms with Crippen LogP contribution in [0.25, 0.3) is 0 Å². The zero-order valence-electron chi connectivity index (χ0n) is 9.50. The van der Waals surface area contributed by atoms with E-state index in [1.54, 1.807) is 6.08 Å². The lowest BCUT2D eigenvalue weighted by molar-refractivity contribution is -0.384. The molecule has 98 valence electrons. The minimum absolute atomic E-state index is 0.0787. The second-order valence-electron chi connectivity index (χ2n) is 3.45. The number of hydrogen-bond acceptors (Lipinski definition) is 5. The van der Waals surface area contributed by atoms with Crippen LogP contribution in [0.1, 0.15) is 6.42 Å². The Kier molecular flexibility index (Phi) is 4.40. The van der Waals surface area contributed by atoms with Gasteiger partial charge in [0.15, 0.2) is 0 Å². The molecule has 1 aromatic rings. The molecule has 0 aromatic heterocycles. The summed E-state index contributed by atoms with van der Waals surface area (Å²) < 4.78 is 25.9. The molecule has 0 unspecified atom stereocenters. The van der Waals surface area contributed by atoms with Gasteiger partial charge in [-0.15, -0.1) is 6.58 Å². The van der Waals surface area contributed by atoms with Crippen LogP contribution in [0.5, 0.6) is 0 Å². The Morgan fingerprint density at radius 3 is 2.72 bits per heavy atom. The van der Waals surface area contributed by atoms with Crippen LogP contribution < -0.4 is 10.5 Å². The summed E-state index contributed by atoms with van der Waals surface area (Å²) in [6.45, 7) is 3.65. The van der Waals surface area contributed by atoms with E-state index in [2.05, 4.69) is 11.3 Å². The number of anilines is 1. The van der Waals surface area contributed by atoms with Crippen molar-refractivity contribution in [2.75, 3.05) is 12.3 Å². The van der Waals surface area contributed by atoms with Gasteiger partial charge in [0.1, 0.15) is 5.69 Å². The second kappa shape index (κ2) is 5.61. The molecule has 1 rings (SSSR count). The van der Waals surface area contributed by atoms with Crippen LogP contribution in [0.15, 0.2) is 35.7 Å². The third-order valence-electron chi connectivity index (χ3n) is 2.15. The van der Waals surface area contributed by atoms with Crippen molar-refractivity contribution in [2.45, 2.75) is 11.3 Å². The van der Waals surface area contributed by atoms with Crippen LogP contribution in [0.2, 0.25) is 0 Å². The molecule has 8 heteroatoms. The summed E-state index contributed by atoms with van der Waals surface area (Å²) in [5.74, 6) is 0. The fourth-order valence-corrected chi connectivity index (χ4v) is 2.29. The summed E-state index contributed by atoms with van der Waals surface area (Å²) in [7, 11) is -3.76. The van der Waals surface area contributed by atoms with Crippen LogP contribution in [0.3, 0.4) is 0 Å². The Bertz CT molecular complexity index is 568. The molecule has 0 heterocycles. The number of benzene rings is 1. The second-order valence-corrected chi connectivity index (χ2v) is 5.22. The Morgan fingerprint density at radius 2 is 2.17 bits per heavy atom.